The summed E-state index contributed by atoms with van der Waals surface area (Å²) >= 11 is 1.48. The maximum absolute atomic E-state index is 13.2. The molecule has 0 saturated carbocycles. The molecule has 4 nitrogen and oxygen atoms in total. The first-order valence-electron chi connectivity index (χ1n) is 8.62. The Bertz CT molecular complexity index is 978. The van der Waals surface area contributed by atoms with Crippen LogP contribution in [0.4, 0.5) is 0 Å². The fourth-order valence-corrected chi connectivity index (χ4v) is 4.67. The summed E-state index contributed by atoms with van der Waals surface area (Å²) in [5, 5.41) is 1.10. The van der Waals surface area contributed by atoms with E-state index < -0.39 is 0 Å². The van der Waals surface area contributed by atoms with Crippen LogP contribution in [0, 0.1) is 20.8 Å². The van der Waals surface area contributed by atoms with Crippen LogP contribution in [-0.2, 0) is 0 Å². The maximum Gasteiger partial charge on any atom is 0.264 e. The minimum Gasteiger partial charge on any atom is -0.496 e. The fraction of sp³-hybridized carbons (Fsp3) is 0.333. The number of benzene rings is 1. The van der Waals surface area contributed by atoms with Gasteiger partial charge in [-0.25, -0.2) is 4.98 Å². The SMILES string of the molecule is COc1ccccc1C(C)N(C)C(=O)c1sc2nc(C)cc(C)c2c1C. The van der Waals surface area contributed by atoms with Crippen LogP contribution in [0.25, 0.3) is 10.2 Å². The van der Waals surface area contributed by atoms with Crippen molar-refractivity contribution in [3.8, 4) is 5.75 Å². The second-order valence-electron chi connectivity index (χ2n) is 6.65. The fourth-order valence-electron chi connectivity index (χ4n) is 3.38. The van der Waals surface area contributed by atoms with Gasteiger partial charge in [0.05, 0.1) is 18.0 Å². The van der Waals surface area contributed by atoms with Gasteiger partial charge in [-0.1, -0.05) is 18.2 Å². The van der Waals surface area contributed by atoms with Crippen molar-refractivity contribution >= 4 is 27.5 Å². The number of ether oxygens (including phenoxy) is 1. The molecule has 0 aliphatic rings. The van der Waals surface area contributed by atoms with E-state index >= 15 is 0 Å². The van der Waals surface area contributed by atoms with Crippen molar-refractivity contribution < 1.29 is 9.53 Å². The Morgan fingerprint density at radius 2 is 1.92 bits per heavy atom. The first-order chi connectivity index (χ1) is 12.3. The van der Waals surface area contributed by atoms with Gasteiger partial charge in [0.1, 0.15) is 10.6 Å². The van der Waals surface area contributed by atoms with E-state index in [0.29, 0.717) is 0 Å². The topological polar surface area (TPSA) is 42.4 Å². The summed E-state index contributed by atoms with van der Waals surface area (Å²) < 4.78 is 5.46. The molecular formula is C21H24N2O2S. The lowest BCUT2D eigenvalue weighted by Gasteiger charge is -2.26. The summed E-state index contributed by atoms with van der Waals surface area (Å²) in [7, 11) is 3.50. The first kappa shape index (κ1) is 18.4. The lowest BCUT2D eigenvalue weighted by Crippen LogP contribution is -2.29. The minimum atomic E-state index is -0.0981. The molecule has 1 atom stereocenters. The van der Waals surface area contributed by atoms with E-state index in [1.807, 2.05) is 52.1 Å². The number of amides is 1. The van der Waals surface area contributed by atoms with E-state index in [1.54, 1.807) is 12.0 Å². The number of aryl methyl sites for hydroxylation is 3. The number of aromatic nitrogens is 1. The molecule has 1 aromatic carbocycles. The predicted octanol–water partition coefficient (Wildman–Crippen LogP) is 5.06. The number of hydrogen-bond acceptors (Lipinski definition) is 4. The lowest BCUT2D eigenvalue weighted by atomic mass is 10.0. The van der Waals surface area contributed by atoms with Crippen molar-refractivity contribution in [2.75, 3.05) is 14.2 Å². The first-order valence-corrected chi connectivity index (χ1v) is 9.44. The van der Waals surface area contributed by atoms with Gasteiger partial charge in [0, 0.05) is 23.7 Å². The third-order valence-corrected chi connectivity index (χ3v) is 6.08. The number of thiophene rings is 1. The summed E-state index contributed by atoms with van der Waals surface area (Å²) in [5.41, 5.74) is 4.15. The summed E-state index contributed by atoms with van der Waals surface area (Å²) in [6.45, 7) is 8.09. The van der Waals surface area contributed by atoms with Crippen LogP contribution in [0.1, 0.15) is 45.0 Å². The Morgan fingerprint density at radius 1 is 1.23 bits per heavy atom. The normalized spacial score (nSPS) is 12.2. The molecule has 1 amide bonds. The van der Waals surface area contributed by atoms with E-state index in [2.05, 4.69) is 18.0 Å². The average Bonchev–Trinajstić information content (AvgIpc) is 2.96. The number of rotatable bonds is 4. The zero-order chi connectivity index (χ0) is 19.0. The van der Waals surface area contributed by atoms with Gasteiger partial charge < -0.3 is 9.64 Å². The van der Waals surface area contributed by atoms with Crippen molar-refractivity contribution in [3.05, 3.63) is 57.6 Å². The Hall–Kier alpha value is -2.40. The number of pyridine rings is 1. The molecule has 0 radical (unpaired) electrons. The number of carbonyl (C=O) groups excluding carboxylic acids is 1. The van der Waals surface area contributed by atoms with E-state index in [4.69, 9.17) is 4.74 Å². The highest BCUT2D eigenvalue weighted by Crippen LogP contribution is 2.35. The zero-order valence-electron chi connectivity index (χ0n) is 16.1. The molecule has 0 saturated heterocycles. The molecule has 136 valence electrons. The van der Waals surface area contributed by atoms with Crippen molar-refractivity contribution in [3.63, 3.8) is 0 Å². The summed E-state index contributed by atoms with van der Waals surface area (Å²) in [5.74, 6) is 0.807. The van der Waals surface area contributed by atoms with Crippen LogP contribution < -0.4 is 4.74 Å². The van der Waals surface area contributed by atoms with Gasteiger partial charge >= 0.3 is 0 Å². The van der Waals surface area contributed by atoms with Gasteiger partial charge in [-0.3, -0.25) is 4.79 Å². The van der Waals surface area contributed by atoms with Gasteiger partial charge in [-0.05, 0) is 51.0 Å². The van der Waals surface area contributed by atoms with Gasteiger partial charge in [-0.2, -0.15) is 0 Å². The van der Waals surface area contributed by atoms with Crippen molar-refractivity contribution in [2.45, 2.75) is 33.7 Å². The molecule has 2 heterocycles. The van der Waals surface area contributed by atoms with Crippen molar-refractivity contribution in [2.24, 2.45) is 0 Å². The largest absolute Gasteiger partial charge is 0.496 e. The highest BCUT2D eigenvalue weighted by atomic mass is 32.1. The standard InChI is InChI=1S/C21H24N2O2S/c1-12-11-13(2)22-20-18(12)14(3)19(26-20)21(24)23(5)15(4)16-9-7-8-10-17(16)25-6/h7-11,15H,1-6H3. The van der Waals surface area contributed by atoms with Crippen LogP contribution in [0.5, 0.6) is 5.75 Å². The smallest absolute Gasteiger partial charge is 0.264 e. The predicted molar refractivity (Wildman–Crippen MR) is 107 cm³/mol. The van der Waals surface area contributed by atoms with Crippen LogP contribution in [0.3, 0.4) is 0 Å². The zero-order valence-corrected chi connectivity index (χ0v) is 16.9. The van der Waals surface area contributed by atoms with E-state index in [1.165, 1.54) is 16.9 Å². The quantitative estimate of drug-likeness (QED) is 0.646. The highest BCUT2D eigenvalue weighted by Gasteiger charge is 2.25. The van der Waals surface area contributed by atoms with Crippen LogP contribution in [0.15, 0.2) is 30.3 Å². The second-order valence-corrected chi connectivity index (χ2v) is 7.65. The highest BCUT2D eigenvalue weighted by molar-refractivity contribution is 7.20. The van der Waals surface area contributed by atoms with Gasteiger partial charge in [0.2, 0.25) is 0 Å². The molecule has 26 heavy (non-hydrogen) atoms. The van der Waals surface area contributed by atoms with E-state index in [9.17, 15) is 4.79 Å². The molecule has 5 heteroatoms. The monoisotopic (exact) mass is 368 g/mol. The van der Waals surface area contributed by atoms with Crippen molar-refractivity contribution in [1.29, 1.82) is 0 Å². The van der Waals surface area contributed by atoms with E-state index in [0.717, 1.165) is 37.7 Å². The maximum atomic E-state index is 13.2. The number of hydrogen-bond donors (Lipinski definition) is 0. The third kappa shape index (κ3) is 3.07. The van der Waals surface area contributed by atoms with Crippen LogP contribution >= 0.6 is 11.3 Å². The number of fused-ring (bicyclic) bond motifs is 1. The van der Waals surface area contributed by atoms with Gasteiger partial charge in [0.25, 0.3) is 5.91 Å². The molecular weight excluding hydrogens is 344 g/mol. The molecule has 0 aliphatic heterocycles. The number of methoxy groups -OCH3 is 1. The Balaban J connectivity index is 2.00. The third-order valence-electron chi connectivity index (χ3n) is 4.91. The molecule has 1 unspecified atom stereocenters. The molecule has 3 aromatic rings. The van der Waals surface area contributed by atoms with Gasteiger partial charge in [-0.15, -0.1) is 11.3 Å². The Morgan fingerprint density at radius 3 is 2.62 bits per heavy atom. The second kappa shape index (κ2) is 7.08. The molecule has 3 rings (SSSR count). The molecule has 0 aliphatic carbocycles. The van der Waals surface area contributed by atoms with Crippen molar-refractivity contribution in [1.82, 2.24) is 9.88 Å². The number of nitrogens with zero attached hydrogens (tertiary/aromatic N) is 2. The summed E-state index contributed by atoms with van der Waals surface area (Å²) in [6, 6.07) is 9.79. The van der Waals surface area contributed by atoms with Crippen LogP contribution in [-0.4, -0.2) is 29.9 Å². The minimum absolute atomic E-state index is 0.0148. The van der Waals surface area contributed by atoms with E-state index in [-0.39, 0.29) is 11.9 Å². The van der Waals surface area contributed by atoms with Gasteiger partial charge in [0.15, 0.2) is 0 Å². The summed E-state index contributed by atoms with van der Waals surface area (Å²) in [6.07, 6.45) is 0. The van der Waals surface area contributed by atoms with Crippen LogP contribution in [0.2, 0.25) is 0 Å². The average molecular weight is 369 g/mol. The molecule has 2 aromatic heterocycles. The Kier molecular flexibility index (Phi) is 5.01. The summed E-state index contributed by atoms with van der Waals surface area (Å²) in [4.78, 5) is 21.3. The molecule has 0 spiro atoms. The molecule has 0 N–H and O–H groups in total. The number of carbonyl (C=O) groups is 1. The number of para-hydroxylation sites is 1. The molecule has 0 bridgehead atoms. The Labute approximate surface area is 158 Å². The molecule has 0 fully saturated rings. The lowest BCUT2D eigenvalue weighted by molar-refractivity contribution is 0.0745.